The molecule has 0 bridgehead atoms. The number of rotatable bonds is 6. The highest BCUT2D eigenvalue weighted by Crippen LogP contribution is 2.59. The molecule has 1 heterocycles. The molecule has 9 aromatic rings. The Morgan fingerprint density at radius 2 is 0.922 bits per heavy atom. The van der Waals surface area contributed by atoms with Gasteiger partial charge in [0.25, 0.3) is 0 Å². The first kappa shape index (κ1) is 29.7. The third kappa shape index (κ3) is 4.47. The molecule has 0 aliphatic heterocycles. The molecular formula is C49H33NS. The topological polar surface area (TPSA) is 3.24 Å². The van der Waals surface area contributed by atoms with Crippen LogP contribution in [0.15, 0.2) is 200 Å². The molecule has 0 unspecified atom stereocenters. The van der Waals surface area contributed by atoms with Crippen LogP contribution in [0.25, 0.3) is 42.4 Å². The number of anilines is 3. The van der Waals surface area contributed by atoms with Crippen molar-refractivity contribution in [3.05, 3.63) is 222 Å². The highest BCUT2D eigenvalue weighted by atomic mass is 32.1. The molecule has 1 aromatic heterocycles. The first-order valence-electron chi connectivity index (χ1n) is 17.5. The molecule has 1 nitrogen and oxygen atoms in total. The molecule has 10 rings (SSSR count). The molecule has 0 atom stereocenters. The lowest BCUT2D eigenvalue weighted by Gasteiger charge is -2.34. The first-order valence-corrected chi connectivity index (χ1v) is 18.3. The summed E-state index contributed by atoms with van der Waals surface area (Å²) in [7, 11) is 0. The summed E-state index contributed by atoms with van der Waals surface area (Å²) in [6.07, 6.45) is 0. The van der Waals surface area contributed by atoms with Gasteiger partial charge in [-0.2, -0.15) is 0 Å². The first-order chi connectivity index (χ1) is 25.3. The van der Waals surface area contributed by atoms with E-state index in [1.54, 1.807) is 0 Å². The van der Waals surface area contributed by atoms with E-state index in [0.29, 0.717) is 0 Å². The maximum atomic E-state index is 2.45. The zero-order chi connectivity index (χ0) is 33.8. The smallest absolute Gasteiger partial charge is 0.0720 e. The van der Waals surface area contributed by atoms with Crippen molar-refractivity contribution in [2.24, 2.45) is 0 Å². The van der Waals surface area contributed by atoms with Crippen LogP contribution < -0.4 is 4.90 Å². The number of fused-ring (bicyclic) bond motifs is 6. The van der Waals surface area contributed by atoms with E-state index in [9.17, 15) is 0 Å². The van der Waals surface area contributed by atoms with Gasteiger partial charge in [0.15, 0.2) is 0 Å². The maximum absolute atomic E-state index is 2.45. The average molecular weight is 668 g/mol. The molecule has 0 saturated heterocycles. The van der Waals surface area contributed by atoms with Gasteiger partial charge < -0.3 is 4.90 Å². The van der Waals surface area contributed by atoms with Crippen molar-refractivity contribution in [3.63, 3.8) is 0 Å². The van der Waals surface area contributed by atoms with Crippen molar-refractivity contribution in [1.82, 2.24) is 0 Å². The molecule has 8 aromatic carbocycles. The average Bonchev–Trinajstić information content (AvgIpc) is 3.74. The van der Waals surface area contributed by atoms with Crippen LogP contribution in [0.4, 0.5) is 17.1 Å². The number of hydrogen-bond acceptors (Lipinski definition) is 2. The quantitative estimate of drug-likeness (QED) is 0.171. The fourth-order valence-electron chi connectivity index (χ4n) is 8.52. The summed E-state index contributed by atoms with van der Waals surface area (Å²) < 4.78 is 2.56. The van der Waals surface area contributed by atoms with Gasteiger partial charge >= 0.3 is 0 Å². The van der Waals surface area contributed by atoms with Gasteiger partial charge in [0.05, 0.1) is 21.5 Å². The Labute approximate surface area is 302 Å². The normalized spacial score (nSPS) is 12.9. The van der Waals surface area contributed by atoms with Crippen LogP contribution in [-0.4, -0.2) is 0 Å². The van der Waals surface area contributed by atoms with Crippen molar-refractivity contribution in [2.45, 2.75) is 5.41 Å². The second-order valence-electron chi connectivity index (χ2n) is 13.2. The molecule has 0 N–H and O–H groups in total. The summed E-state index contributed by atoms with van der Waals surface area (Å²) in [4.78, 5) is 2.45. The minimum Gasteiger partial charge on any atom is -0.308 e. The molecule has 1 aliphatic rings. The van der Waals surface area contributed by atoms with Crippen molar-refractivity contribution in [2.75, 3.05) is 4.90 Å². The van der Waals surface area contributed by atoms with Gasteiger partial charge in [0, 0.05) is 26.7 Å². The summed E-state index contributed by atoms with van der Waals surface area (Å²) in [6.45, 7) is 0. The van der Waals surface area contributed by atoms with Crippen LogP contribution in [-0.2, 0) is 5.41 Å². The highest BCUT2D eigenvalue weighted by molar-refractivity contribution is 7.26. The van der Waals surface area contributed by atoms with E-state index in [0.717, 1.165) is 11.4 Å². The summed E-state index contributed by atoms with van der Waals surface area (Å²) in [6, 6.07) is 73.3. The maximum Gasteiger partial charge on any atom is 0.0720 e. The summed E-state index contributed by atoms with van der Waals surface area (Å²) in [5, 5.41) is 2.59. The Morgan fingerprint density at radius 3 is 1.63 bits per heavy atom. The lowest BCUT2D eigenvalue weighted by Crippen LogP contribution is -2.28. The molecule has 2 heteroatoms. The lowest BCUT2D eigenvalue weighted by atomic mass is 9.66. The predicted octanol–water partition coefficient (Wildman–Crippen LogP) is 13.6. The highest BCUT2D eigenvalue weighted by Gasteiger charge is 2.47. The zero-order valence-electron chi connectivity index (χ0n) is 27.9. The van der Waals surface area contributed by atoms with Gasteiger partial charge in [-0.05, 0) is 69.3 Å². The van der Waals surface area contributed by atoms with Crippen molar-refractivity contribution in [3.8, 4) is 22.3 Å². The second-order valence-corrected chi connectivity index (χ2v) is 14.2. The summed E-state index contributed by atoms with van der Waals surface area (Å²) in [5.74, 6) is 0. The zero-order valence-corrected chi connectivity index (χ0v) is 28.7. The minimum absolute atomic E-state index is 0.475. The standard InChI is InChI=1S/C49H33NS/c1-4-18-34(19-5-1)37-24-12-15-31-44(37)50(36-22-8-3-9-23-36)45-32-16-27-40-47-43(30-17-33-46(47)51-48(40)45)49(35-20-6-2-7-21-35)41-28-13-10-25-38(41)39-26-11-14-29-42(39)49/h1-33H. The van der Waals surface area contributed by atoms with Gasteiger partial charge in [-0.25, -0.2) is 0 Å². The third-order valence-electron chi connectivity index (χ3n) is 10.6. The van der Waals surface area contributed by atoms with Gasteiger partial charge in [0.1, 0.15) is 0 Å². The molecule has 51 heavy (non-hydrogen) atoms. The fourth-order valence-corrected chi connectivity index (χ4v) is 9.75. The van der Waals surface area contributed by atoms with E-state index in [4.69, 9.17) is 0 Å². The van der Waals surface area contributed by atoms with Gasteiger partial charge in [-0.15, -0.1) is 11.3 Å². The number of benzene rings is 8. The fraction of sp³-hybridized carbons (Fsp3) is 0.0204. The Morgan fingerprint density at radius 1 is 0.392 bits per heavy atom. The largest absolute Gasteiger partial charge is 0.308 e. The number of thiophene rings is 1. The van der Waals surface area contributed by atoms with E-state index in [1.165, 1.54) is 70.4 Å². The minimum atomic E-state index is -0.475. The van der Waals surface area contributed by atoms with E-state index in [2.05, 4.69) is 205 Å². The summed E-state index contributed by atoms with van der Waals surface area (Å²) >= 11 is 1.90. The second kappa shape index (κ2) is 12.0. The van der Waals surface area contributed by atoms with E-state index >= 15 is 0 Å². The predicted molar refractivity (Wildman–Crippen MR) is 217 cm³/mol. The van der Waals surface area contributed by atoms with Crippen molar-refractivity contribution < 1.29 is 0 Å². The van der Waals surface area contributed by atoms with Crippen LogP contribution in [0, 0.1) is 0 Å². The van der Waals surface area contributed by atoms with E-state index in [1.807, 2.05) is 11.3 Å². The Hall–Kier alpha value is -6.22. The number of para-hydroxylation sites is 2. The van der Waals surface area contributed by atoms with Crippen molar-refractivity contribution in [1.29, 1.82) is 0 Å². The van der Waals surface area contributed by atoms with Gasteiger partial charge in [0.2, 0.25) is 0 Å². The number of nitrogens with zero attached hydrogens (tertiary/aromatic N) is 1. The van der Waals surface area contributed by atoms with Gasteiger partial charge in [-0.1, -0.05) is 170 Å². The third-order valence-corrected chi connectivity index (χ3v) is 11.7. The molecular weight excluding hydrogens is 635 g/mol. The molecule has 0 spiro atoms. The van der Waals surface area contributed by atoms with E-state index < -0.39 is 5.41 Å². The van der Waals surface area contributed by atoms with E-state index in [-0.39, 0.29) is 0 Å². The van der Waals surface area contributed by atoms with Crippen LogP contribution in [0.2, 0.25) is 0 Å². The van der Waals surface area contributed by atoms with Crippen LogP contribution in [0.5, 0.6) is 0 Å². The molecule has 1 aliphatic carbocycles. The van der Waals surface area contributed by atoms with Gasteiger partial charge in [-0.3, -0.25) is 0 Å². The Kier molecular flexibility index (Phi) is 6.97. The van der Waals surface area contributed by atoms with Crippen LogP contribution >= 0.6 is 11.3 Å². The molecule has 0 radical (unpaired) electrons. The molecule has 240 valence electrons. The number of hydrogen-bond donors (Lipinski definition) is 0. The van der Waals surface area contributed by atoms with Crippen molar-refractivity contribution >= 4 is 48.6 Å². The summed E-state index contributed by atoms with van der Waals surface area (Å²) in [5.41, 5.74) is 13.3. The Bertz CT molecular complexity index is 2650. The SMILES string of the molecule is c1ccc(-c2ccccc2N(c2ccccc2)c2cccc3c2sc2cccc(C4(c5ccccc5)c5ccccc5-c5ccccc54)c23)cc1. The Balaban J connectivity index is 1.29. The van der Waals surface area contributed by atoms with Crippen LogP contribution in [0.3, 0.4) is 0 Å². The monoisotopic (exact) mass is 667 g/mol. The molecule has 0 saturated carbocycles. The molecule has 0 amide bonds. The lowest BCUT2D eigenvalue weighted by molar-refractivity contribution is 0.777. The molecule has 0 fully saturated rings. The van der Waals surface area contributed by atoms with Crippen LogP contribution in [0.1, 0.15) is 22.3 Å².